The molecule has 0 atom stereocenters. The number of anilines is 2. The van der Waals surface area contributed by atoms with Gasteiger partial charge in [0.2, 0.25) is 0 Å². The van der Waals surface area contributed by atoms with Gasteiger partial charge in [-0.15, -0.1) is 62.4 Å². The average Bonchev–Trinajstić information content (AvgIpc) is 4.06. The predicted molar refractivity (Wildman–Crippen MR) is 274 cm³/mol. The number of benzene rings is 4. The molecule has 2 aromatic heterocycles. The molecule has 0 amide bonds. The minimum Gasteiger partial charge on any atom is -0.395 e. The number of thiophene rings is 2. The molecule has 5 aromatic carbocycles. The number of aliphatic hydroxyl groups is 1. The third-order valence-electron chi connectivity index (χ3n) is 11.3. The van der Waals surface area contributed by atoms with Gasteiger partial charge in [0.1, 0.15) is 0 Å². The van der Waals surface area contributed by atoms with E-state index in [1.165, 1.54) is 93.9 Å². The van der Waals surface area contributed by atoms with Gasteiger partial charge in [0, 0.05) is 145 Å². The number of aliphatic hydroxyl groups excluding tert-OH is 1. The van der Waals surface area contributed by atoms with E-state index in [-0.39, 0.29) is 105 Å². The Bertz CT molecular complexity index is 2690. The second-order valence-corrected chi connectivity index (χ2v) is 18.1. The van der Waals surface area contributed by atoms with Crippen molar-refractivity contribution in [2.75, 3.05) is 42.6 Å². The standard InChI is InChI=1S/C57H59N2OS2.3Y/c1-4-7-9-11-37-59(38-12-10-8-5-2)51-25-15-45(16-26-51)18-28-53-32-34-55(62-53)30-20-47-22-36-57-49(42-47)43-48-41-46(21-35-56(48)57)19-29-54-33-31-52(61-54)27-17-44-13-23-50(24-14-44)58(6-3)39-40-60;;;/h13-18,21-28,31-36,41-43,60H,4-12,37-40H2,1-3H3;;;/q-1;;;/b27-17+,28-18+;;;. The van der Waals surface area contributed by atoms with Crippen LogP contribution in [0.5, 0.6) is 0 Å². The Morgan fingerprint density at radius 1 is 0.492 bits per heavy atom. The minimum absolute atomic E-state index is 0. The summed E-state index contributed by atoms with van der Waals surface area (Å²) in [4.78, 5) is 9.25. The summed E-state index contributed by atoms with van der Waals surface area (Å²) >= 11 is 3.43. The molecule has 3 radical (unpaired) electrons. The molecule has 325 valence electrons. The van der Waals surface area contributed by atoms with Crippen LogP contribution in [0.15, 0.2) is 115 Å². The van der Waals surface area contributed by atoms with E-state index in [0.29, 0.717) is 6.54 Å². The molecule has 0 saturated heterocycles. The van der Waals surface area contributed by atoms with Crippen LogP contribution in [-0.4, -0.2) is 37.9 Å². The van der Waals surface area contributed by atoms with Crippen LogP contribution in [0.1, 0.15) is 114 Å². The Balaban J connectivity index is 0.00000308. The number of hydrogen-bond donors (Lipinski definition) is 1. The summed E-state index contributed by atoms with van der Waals surface area (Å²) in [5.74, 6) is 13.6. The van der Waals surface area contributed by atoms with Crippen molar-refractivity contribution in [1.82, 2.24) is 0 Å². The van der Waals surface area contributed by atoms with Gasteiger partial charge < -0.3 is 14.9 Å². The number of hydrogen-bond acceptors (Lipinski definition) is 5. The van der Waals surface area contributed by atoms with Crippen molar-refractivity contribution in [3.8, 4) is 23.7 Å². The predicted octanol–water partition coefficient (Wildman–Crippen LogP) is 14.8. The van der Waals surface area contributed by atoms with Gasteiger partial charge in [-0.1, -0.05) is 137 Å². The van der Waals surface area contributed by atoms with Gasteiger partial charge in [0.25, 0.3) is 0 Å². The van der Waals surface area contributed by atoms with E-state index < -0.39 is 0 Å². The van der Waals surface area contributed by atoms with Gasteiger partial charge in [0.05, 0.1) is 16.4 Å². The molecule has 0 bridgehead atoms. The molecule has 0 saturated carbocycles. The van der Waals surface area contributed by atoms with Crippen molar-refractivity contribution in [2.45, 2.75) is 72.1 Å². The van der Waals surface area contributed by atoms with Gasteiger partial charge in [-0.3, -0.25) is 0 Å². The first-order valence-electron chi connectivity index (χ1n) is 22.6. The maximum absolute atomic E-state index is 9.33. The van der Waals surface area contributed by atoms with Crippen LogP contribution in [0.2, 0.25) is 0 Å². The smallest absolute Gasteiger partial charge is 0.0778 e. The zero-order valence-corrected chi connectivity index (χ0v) is 48.5. The zero-order chi connectivity index (χ0) is 42.9. The monoisotopic (exact) mass is 1120 g/mol. The first kappa shape index (κ1) is 55.2. The normalized spacial score (nSPS) is 10.8. The van der Waals surface area contributed by atoms with Gasteiger partial charge in [-0.05, 0) is 103 Å². The summed E-state index contributed by atoms with van der Waals surface area (Å²) in [5, 5.41) is 14.2. The zero-order valence-electron chi connectivity index (χ0n) is 38.4. The van der Waals surface area contributed by atoms with Crippen molar-refractivity contribution in [3.63, 3.8) is 0 Å². The first-order valence-corrected chi connectivity index (χ1v) is 24.2. The molecular formula is C57H59N2OS2Y3-. The molecule has 8 heteroatoms. The third-order valence-corrected chi connectivity index (χ3v) is 13.3. The quantitative estimate of drug-likeness (QED) is 0.0497. The molecule has 2 heterocycles. The molecule has 0 aliphatic carbocycles. The summed E-state index contributed by atoms with van der Waals surface area (Å²) in [6, 6.07) is 41.4. The molecule has 0 aliphatic rings. The Hall–Kier alpha value is -2.38. The van der Waals surface area contributed by atoms with E-state index >= 15 is 0 Å². The van der Waals surface area contributed by atoms with E-state index in [1.54, 1.807) is 22.7 Å². The van der Waals surface area contributed by atoms with E-state index in [0.717, 1.165) is 51.8 Å². The molecule has 7 aromatic rings. The second-order valence-electron chi connectivity index (χ2n) is 15.9. The summed E-state index contributed by atoms with van der Waals surface area (Å²) in [6.45, 7) is 10.6. The summed E-state index contributed by atoms with van der Waals surface area (Å²) in [6.07, 6.45) is 19.1. The van der Waals surface area contributed by atoms with Crippen molar-refractivity contribution in [1.29, 1.82) is 0 Å². The second kappa shape index (κ2) is 29.5. The van der Waals surface area contributed by atoms with Crippen LogP contribution >= 0.6 is 22.7 Å². The molecule has 3 nitrogen and oxygen atoms in total. The molecule has 7 rings (SSSR count). The number of rotatable bonds is 19. The Kier molecular flexibility index (Phi) is 25.1. The summed E-state index contributed by atoms with van der Waals surface area (Å²) < 4.78 is 0. The van der Waals surface area contributed by atoms with Gasteiger partial charge >= 0.3 is 0 Å². The maximum Gasteiger partial charge on any atom is 0.0778 e. The Labute approximate surface area is 472 Å². The fourth-order valence-corrected chi connectivity index (χ4v) is 9.36. The fraction of sp³-hybridized carbons (Fsp3) is 0.281. The molecule has 0 aliphatic heterocycles. The number of nitrogens with zero attached hydrogens (tertiary/aromatic N) is 2. The van der Waals surface area contributed by atoms with Crippen molar-refractivity contribution >= 4 is 79.9 Å². The van der Waals surface area contributed by atoms with Gasteiger partial charge in [-0.2, -0.15) is 0 Å². The fourth-order valence-electron chi connectivity index (χ4n) is 7.83. The van der Waals surface area contributed by atoms with Crippen LogP contribution in [0.25, 0.3) is 45.8 Å². The largest absolute Gasteiger partial charge is 0.395 e. The van der Waals surface area contributed by atoms with Crippen LogP contribution in [0.3, 0.4) is 0 Å². The van der Waals surface area contributed by atoms with Crippen molar-refractivity contribution < 1.29 is 103 Å². The minimum atomic E-state index is 0. The van der Waals surface area contributed by atoms with Gasteiger partial charge in [-0.25, -0.2) is 0 Å². The first-order chi connectivity index (χ1) is 30.5. The number of likely N-dealkylation sites (N-methyl/N-ethyl adjacent to an activating group) is 1. The SMILES string of the molecule is CCCCCCN(CCCCCC)c1ccc(/C=C/c2ccc(C#Cc3ccc4c(c3)[cH-]c3cc(C#Cc5ccc(/C=C/c6ccc(N(CC)CCO)cc6)s5)ccc34)s2)cc1.[Y].[Y].[Y]. The third kappa shape index (κ3) is 16.7. The number of fused-ring (bicyclic) bond motifs is 3. The average molecular weight is 1120 g/mol. The molecule has 0 unspecified atom stereocenters. The van der Waals surface area contributed by atoms with Crippen LogP contribution in [0.4, 0.5) is 11.4 Å². The Morgan fingerprint density at radius 3 is 1.38 bits per heavy atom. The molecular weight excluding hydrogens is 1060 g/mol. The molecule has 1 N–H and O–H groups in total. The summed E-state index contributed by atoms with van der Waals surface area (Å²) in [5.41, 5.74) is 6.86. The van der Waals surface area contributed by atoms with Crippen LogP contribution in [-0.2, 0) is 98.1 Å². The maximum atomic E-state index is 9.33. The van der Waals surface area contributed by atoms with E-state index in [4.69, 9.17) is 0 Å². The Morgan fingerprint density at radius 2 is 0.954 bits per heavy atom. The van der Waals surface area contributed by atoms with Gasteiger partial charge in [0.15, 0.2) is 0 Å². The number of unbranched alkanes of at least 4 members (excludes halogenated alkanes) is 6. The van der Waals surface area contributed by atoms with Crippen molar-refractivity contribution in [3.05, 3.63) is 157 Å². The summed E-state index contributed by atoms with van der Waals surface area (Å²) in [7, 11) is 0. The van der Waals surface area contributed by atoms with E-state index in [1.807, 2.05) is 0 Å². The molecule has 65 heavy (non-hydrogen) atoms. The molecule has 0 spiro atoms. The van der Waals surface area contributed by atoms with E-state index in [2.05, 4.69) is 194 Å². The van der Waals surface area contributed by atoms with Crippen LogP contribution in [0, 0.1) is 23.7 Å². The molecule has 0 fully saturated rings. The van der Waals surface area contributed by atoms with Crippen LogP contribution < -0.4 is 9.80 Å². The topological polar surface area (TPSA) is 26.7 Å². The van der Waals surface area contributed by atoms with Crippen molar-refractivity contribution in [2.24, 2.45) is 0 Å². The van der Waals surface area contributed by atoms with E-state index in [9.17, 15) is 5.11 Å².